The van der Waals surface area contributed by atoms with Crippen molar-refractivity contribution in [3.63, 3.8) is 0 Å². The van der Waals surface area contributed by atoms with Crippen LogP contribution in [0.2, 0.25) is 0 Å². The lowest BCUT2D eigenvalue weighted by atomic mass is 10.5. The Balaban J connectivity index is 3.14. The summed E-state index contributed by atoms with van der Waals surface area (Å²) >= 11 is 0. The highest BCUT2D eigenvalue weighted by molar-refractivity contribution is 7.62. The largest absolute Gasteiger partial charge is 0.493 e. The Bertz CT molecular complexity index is 414. The fraction of sp³-hybridized carbons (Fsp3) is 0.700. The highest BCUT2D eigenvalue weighted by atomic mass is 31.2. The van der Waals surface area contributed by atoms with E-state index < -0.39 is 7.60 Å². The molecule has 1 aromatic rings. The van der Waals surface area contributed by atoms with E-state index in [0.29, 0.717) is 0 Å². The van der Waals surface area contributed by atoms with Crippen LogP contribution < -0.4 is 5.44 Å². The van der Waals surface area contributed by atoms with Crippen molar-refractivity contribution in [2.45, 2.75) is 39.9 Å². The number of nitrogens with zero attached hydrogens (tertiary/aromatic N) is 2. The minimum Gasteiger partial charge on any atom is -0.493 e. The van der Waals surface area contributed by atoms with E-state index in [2.05, 4.69) is 4.98 Å². The Morgan fingerprint density at radius 3 is 2.06 bits per heavy atom. The van der Waals surface area contributed by atoms with Crippen LogP contribution in [0.5, 0.6) is 5.88 Å². The van der Waals surface area contributed by atoms with Crippen molar-refractivity contribution in [1.29, 1.82) is 0 Å². The molecule has 0 atom stereocenters. The maximum Gasteiger partial charge on any atom is 0.385 e. The van der Waals surface area contributed by atoms with Gasteiger partial charge in [0.25, 0.3) is 0 Å². The maximum atomic E-state index is 12.6. The minimum atomic E-state index is -3.58. The quantitative estimate of drug-likeness (QED) is 0.819. The van der Waals surface area contributed by atoms with Gasteiger partial charge >= 0.3 is 7.60 Å². The standard InChI is InChI=1S/C10H19N2O4P/c1-7(2)15-17(14,16-8(3)4)9-10(13)12(5)6-11-9/h6-8,13H,1-5H3. The fourth-order valence-electron chi connectivity index (χ4n) is 1.28. The molecule has 1 aromatic heterocycles. The zero-order valence-electron chi connectivity index (χ0n) is 10.7. The number of aromatic nitrogens is 2. The van der Waals surface area contributed by atoms with Crippen molar-refractivity contribution in [3.05, 3.63) is 6.33 Å². The molecule has 0 saturated heterocycles. The molecule has 1 heterocycles. The van der Waals surface area contributed by atoms with Crippen molar-refractivity contribution in [2.24, 2.45) is 7.05 Å². The summed E-state index contributed by atoms with van der Waals surface area (Å²) in [4.78, 5) is 3.89. The number of hydrogen-bond donors (Lipinski definition) is 1. The van der Waals surface area contributed by atoms with Crippen LogP contribution >= 0.6 is 7.60 Å². The van der Waals surface area contributed by atoms with Crippen molar-refractivity contribution in [3.8, 4) is 5.88 Å². The molecule has 1 N–H and O–H groups in total. The number of aromatic hydroxyl groups is 1. The van der Waals surface area contributed by atoms with Crippen LogP contribution in [0, 0.1) is 0 Å². The summed E-state index contributed by atoms with van der Waals surface area (Å²) in [5, 5.41) is 9.77. The SMILES string of the molecule is CC(C)OP(=O)(OC(C)C)c1ncn(C)c1O. The molecule has 17 heavy (non-hydrogen) atoms. The van der Waals surface area contributed by atoms with Crippen molar-refractivity contribution in [2.75, 3.05) is 0 Å². The highest BCUT2D eigenvalue weighted by Gasteiger charge is 2.36. The minimum absolute atomic E-state index is 0.0394. The third-order valence-corrected chi connectivity index (χ3v) is 4.08. The molecule has 0 aromatic carbocycles. The van der Waals surface area contributed by atoms with E-state index in [4.69, 9.17) is 9.05 Å². The molecule has 98 valence electrons. The second kappa shape index (κ2) is 5.21. The van der Waals surface area contributed by atoms with Gasteiger partial charge in [-0.1, -0.05) is 0 Å². The van der Waals surface area contributed by atoms with Gasteiger partial charge in [0.1, 0.15) is 0 Å². The second-order valence-corrected chi connectivity index (χ2v) is 6.15. The third kappa shape index (κ3) is 3.31. The van der Waals surface area contributed by atoms with Gasteiger partial charge in [-0.25, -0.2) is 4.98 Å². The van der Waals surface area contributed by atoms with Gasteiger partial charge in [-0.2, -0.15) is 0 Å². The highest BCUT2D eigenvalue weighted by Crippen LogP contribution is 2.50. The molecule has 0 saturated carbocycles. The number of aryl methyl sites for hydroxylation is 1. The van der Waals surface area contributed by atoms with Gasteiger partial charge in [0.15, 0.2) is 0 Å². The molecule has 6 nitrogen and oxygen atoms in total. The molecule has 0 aliphatic heterocycles. The number of imidazole rings is 1. The Morgan fingerprint density at radius 2 is 1.76 bits per heavy atom. The van der Waals surface area contributed by atoms with E-state index in [1.807, 2.05) is 0 Å². The van der Waals surface area contributed by atoms with Crippen LogP contribution in [0.15, 0.2) is 6.33 Å². The molecule has 7 heteroatoms. The molecule has 0 aliphatic carbocycles. The second-order valence-electron chi connectivity index (χ2n) is 4.31. The van der Waals surface area contributed by atoms with Gasteiger partial charge in [0.2, 0.25) is 11.3 Å². The van der Waals surface area contributed by atoms with Gasteiger partial charge in [0, 0.05) is 7.05 Å². The lowest BCUT2D eigenvalue weighted by molar-refractivity contribution is 0.149. The van der Waals surface area contributed by atoms with Crippen LogP contribution in [0.3, 0.4) is 0 Å². The van der Waals surface area contributed by atoms with E-state index >= 15 is 0 Å². The van der Waals surface area contributed by atoms with E-state index in [9.17, 15) is 9.67 Å². The lowest BCUT2D eigenvalue weighted by Crippen LogP contribution is -2.18. The normalized spacial score (nSPS) is 12.6. The van der Waals surface area contributed by atoms with Crippen molar-refractivity contribution in [1.82, 2.24) is 9.55 Å². The maximum absolute atomic E-state index is 12.6. The van der Waals surface area contributed by atoms with Gasteiger partial charge in [-0.05, 0) is 27.7 Å². The van der Waals surface area contributed by atoms with Crippen LogP contribution in [-0.4, -0.2) is 26.9 Å². The smallest absolute Gasteiger partial charge is 0.385 e. The molecule has 0 fully saturated rings. The van der Waals surface area contributed by atoms with Crippen molar-refractivity contribution < 1.29 is 18.7 Å². The summed E-state index contributed by atoms with van der Waals surface area (Å²) < 4.78 is 24.6. The molecule has 0 aliphatic rings. The molecule has 0 radical (unpaired) electrons. The van der Waals surface area contributed by atoms with Crippen LogP contribution in [-0.2, 0) is 20.7 Å². The van der Waals surface area contributed by atoms with Crippen LogP contribution in [0.4, 0.5) is 0 Å². The summed E-state index contributed by atoms with van der Waals surface area (Å²) in [6.07, 6.45) is 0.784. The average molecular weight is 262 g/mol. The predicted octanol–water partition coefficient (Wildman–Crippen LogP) is 1.79. The first-order chi connectivity index (χ1) is 7.76. The number of rotatable bonds is 5. The molecule has 0 spiro atoms. The van der Waals surface area contributed by atoms with Gasteiger partial charge in [-0.15, -0.1) is 0 Å². The lowest BCUT2D eigenvalue weighted by Gasteiger charge is -2.21. The molecule has 1 rings (SSSR count). The van der Waals surface area contributed by atoms with E-state index in [1.54, 1.807) is 34.7 Å². The zero-order chi connectivity index (χ0) is 13.2. The molecule has 0 amide bonds. The summed E-state index contributed by atoms with van der Waals surface area (Å²) in [6.45, 7) is 6.99. The topological polar surface area (TPSA) is 73.6 Å². The fourth-order valence-corrected chi connectivity index (χ4v) is 3.24. The first-order valence-corrected chi connectivity index (χ1v) is 6.98. The summed E-state index contributed by atoms with van der Waals surface area (Å²) in [6, 6.07) is 0. The van der Waals surface area contributed by atoms with Gasteiger partial charge < -0.3 is 18.7 Å². The Morgan fingerprint density at radius 1 is 1.29 bits per heavy atom. The Hall–Kier alpha value is -0.840. The molecular formula is C10H19N2O4P. The first-order valence-electron chi connectivity index (χ1n) is 5.44. The Labute approximate surface area is 101 Å². The summed E-state index contributed by atoms with van der Waals surface area (Å²) in [7, 11) is -1.98. The average Bonchev–Trinajstić information content (AvgIpc) is 2.44. The van der Waals surface area contributed by atoms with Crippen molar-refractivity contribution >= 4 is 13.0 Å². The zero-order valence-corrected chi connectivity index (χ0v) is 11.6. The van der Waals surface area contributed by atoms with Gasteiger partial charge in [0.05, 0.1) is 18.5 Å². The number of hydrogen-bond acceptors (Lipinski definition) is 5. The molecule has 0 bridgehead atoms. The van der Waals surface area contributed by atoms with Crippen LogP contribution in [0.1, 0.15) is 27.7 Å². The summed E-state index contributed by atoms with van der Waals surface area (Å²) in [5.74, 6) is -0.199. The van der Waals surface area contributed by atoms with E-state index in [1.165, 1.54) is 10.9 Å². The Kier molecular flexibility index (Phi) is 4.36. The first kappa shape index (κ1) is 14.2. The van der Waals surface area contributed by atoms with E-state index in [-0.39, 0.29) is 23.5 Å². The monoisotopic (exact) mass is 262 g/mol. The molecule has 0 unspecified atom stereocenters. The molecular weight excluding hydrogens is 243 g/mol. The summed E-state index contributed by atoms with van der Waals surface area (Å²) in [5.41, 5.74) is -0.0394. The third-order valence-electron chi connectivity index (χ3n) is 1.85. The predicted molar refractivity (Wildman–Crippen MR) is 64.6 cm³/mol. The van der Waals surface area contributed by atoms with Crippen LogP contribution in [0.25, 0.3) is 0 Å². The van der Waals surface area contributed by atoms with Gasteiger partial charge in [-0.3, -0.25) is 4.57 Å². The van der Waals surface area contributed by atoms with E-state index in [0.717, 1.165) is 0 Å².